The number of esters is 1. The van der Waals surface area contributed by atoms with Crippen molar-refractivity contribution in [1.29, 1.82) is 0 Å². The van der Waals surface area contributed by atoms with Crippen molar-refractivity contribution in [2.24, 2.45) is 5.73 Å². The Bertz CT molecular complexity index is 629. The molecule has 6 nitrogen and oxygen atoms in total. The summed E-state index contributed by atoms with van der Waals surface area (Å²) in [6.45, 7) is 4.97. The normalized spacial score (nSPS) is 11.7. The number of nitrogens with two attached hydrogens (primary N) is 1. The molecular formula is C13H20ClFN2O4S. The number of hydrogen-bond acceptors (Lipinski definition) is 5. The molecule has 22 heavy (non-hydrogen) atoms. The molecule has 0 heterocycles. The molecule has 1 aromatic carbocycles. The zero-order chi connectivity index (χ0) is 16.3. The van der Waals surface area contributed by atoms with Crippen molar-refractivity contribution in [2.45, 2.75) is 31.2 Å². The van der Waals surface area contributed by atoms with Crippen LogP contribution in [-0.4, -0.2) is 33.1 Å². The molecule has 0 saturated carbocycles. The summed E-state index contributed by atoms with van der Waals surface area (Å²) in [6.07, 6.45) is 0. The molecule has 1 rings (SSSR count). The first kappa shape index (κ1) is 20.8. The van der Waals surface area contributed by atoms with Crippen molar-refractivity contribution in [2.75, 3.05) is 13.2 Å². The zero-order valence-corrected chi connectivity index (χ0v) is 14.2. The van der Waals surface area contributed by atoms with Crippen LogP contribution in [0.25, 0.3) is 0 Å². The SMILES string of the molecule is CCOC(=O)c1cc(F)cc(S(=O)(=O)NCC(C)(C)N)c1.Cl. The number of rotatable bonds is 6. The molecule has 0 unspecified atom stereocenters. The fourth-order valence-corrected chi connectivity index (χ4v) is 2.69. The molecule has 0 amide bonds. The van der Waals surface area contributed by atoms with Crippen molar-refractivity contribution in [3.8, 4) is 0 Å². The summed E-state index contributed by atoms with van der Waals surface area (Å²) in [5, 5.41) is 0. The van der Waals surface area contributed by atoms with E-state index in [1.165, 1.54) is 0 Å². The van der Waals surface area contributed by atoms with E-state index in [2.05, 4.69) is 4.72 Å². The van der Waals surface area contributed by atoms with Crippen LogP contribution in [0.5, 0.6) is 0 Å². The summed E-state index contributed by atoms with van der Waals surface area (Å²) in [5.74, 6) is -1.62. The summed E-state index contributed by atoms with van der Waals surface area (Å²) in [7, 11) is -3.96. The third-order valence-electron chi connectivity index (χ3n) is 2.41. The predicted octanol–water partition coefficient (Wildman–Crippen LogP) is 1.44. The van der Waals surface area contributed by atoms with Gasteiger partial charge in [0.1, 0.15) is 5.82 Å². The predicted molar refractivity (Wildman–Crippen MR) is 83.1 cm³/mol. The van der Waals surface area contributed by atoms with Crippen molar-refractivity contribution in [3.63, 3.8) is 0 Å². The first-order valence-corrected chi connectivity index (χ1v) is 7.80. The van der Waals surface area contributed by atoms with Gasteiger partial charge >= 0.3 is 5.97 Å². The number of carbonyl (C=O) groups is 1. The Morgan fingerprint density at radius 3 is 2.45 bits per heavy atom. The number of ether oxygens (including phenoxy) is 1. The maximum Gasteiger partial charge on any atom is 0.338 e. The van der Waals surface area contributed by atoms with E-state index < -0.39 is 27.3 Å². The van der Waals surface area contributed by atoms with Gasteiger partial charge in [0, 0.05) is 12.1 Å². The third kappa shape index (κ3) is 6.27. The highest BCUT2D eigenvalue weighted by Gasteiger charge is 2.21. The number of hydrogen-bond donors (Lipinski definition) is 2. The lowest BCUT2D eigenvalue weighted by atomic mass is 10.1. The lowest BCUT2D eigenvalue weighted by Crippen LogP contribution is -2.45. The number of benzene rings is 1. The van der Waals surface area contributed by atoms with E-state index in [1.54, 1.807) is 20.8 Å². The fraction of sp³-hybridized carbons (Fsp3) is 0.462. The van der Waals surface area contributed by atoms with Gasteiger partial charge < -0.3 is 10.5 Å². The topological polar surface area (TPSA) is 98.5 Å². The second-order valence-corrected chi connectivity index (χ2v) is 6.98. The van der Waals surface area contributed by atoms with E-state index in [-0.39, 0.29) is 36.0 Å². The lowest BCUT2D eigenvalue weighted by molar-refractivity contribution is 0.0525. The molecule has 0 fully saturated rings. The van der Waals surface area contributed by atoms with Crippen LogP contribution in [0.4, 0.5) is 4.39 Å². The van der Waals surface area contributed by atoms with E-state index >= 15 is 0 Å². The van der Waals surface area contributed by atoms with Crippen LogP contribution < -0.4 is 10.5 Å². The highest BCUT2D eigenvalue weighted by molar-refractivity contribution is 7.89. The monoisotopic (exact) mass is 354 g/mol. The van der Waals surface area contributed by atoms with Gasteiger partial charge in [-0.05, 0) is 39.0 Å². The summed E-state index contributed by atoms with van der Waals surface area (Å²) in [5.41, 5.74) is 4.77. The minimum atomic E-state index is -3.96. The standard InChI is InChI=1S/C13H19FN2O4S.ClH/c1-4-20-12(17)9-5-10(14)7-11(6-9)21(18,19)16-8-13(2,3)15;/h5-7,16H,4,8,15H2,1-3H3;1H. The first-order chi connectivity index (χ1) is 9.55. The van der Waals surface area contributed by atoms with Gasteiger partial charge in [-0.25, -0.2) is 22.3 Å². The number of carbonyl (C=O) groups excluding carboxylic acids is 1. The highest BCUT2D eigenvalue weighted by Crippen LogP contribution is 2.16. The molecule has 0 bridgehead atoms. The molecule has 9 heteroatoms. The van der Waals surface area contributed by atoms with Crippen molar-refractivity contribution in [1.82, 2.24) is 4.72 Å². The molecule has 3 N–H and O–H groups in total. The minimum absolute atomic E-state index is 0. The molecule has 0 atom stereocenters. The van der Waals surface area contributed by atoms with Gasteiger partial charge in [-0.3, -0.25) is 0 Å². The quantitative estimate of drug-likeness (QED) is 0.753. The van der Waals surface area contributed by atoms with E-state index in [9.17, 15) is 17.6 Å². The maximum atomic E-state index is 13.5. The van der Waals surface area contributed by atoms with E-state index in [0.29, 0.717) is 0 Å². The minimum Gasteiger partial charge on any atom is -0.462 e. The molecule has 0 aliphatic rings. The zero-order valence-electron chi connectivity index (χ0n) is 12.6. The summed E-state index contributed by atoms with van der Waals surface area (Å²) in [4.78, 5) is 11.2. The van der Waals surface area contributed by atoms with Crippen LogP contribution in [-0.2, 0) is 14.8 Å². The second-order valence-electron chi connectivity index (χ2n) is 5.21. The Balaban J connectivity index is 0.00000441. The maximum absolute atomic E-state index is 13.5. The van der Waals surface area contributed by atoms with Gasteiger partial charge in [0.05, 0.1) is 17.1 Å². The van der Waals surface area contributed by atoms with Crippen LogP contribution in [0.2, 0.25) is 0 Å². The Kier molecular flexibility index (Phi) is 7.43. The van der Waals surface area contributed by atoms with E-state index in [1.807, 2.05) is 0 Å². The Morgan fingerprint density at radius 1 is 1.36 bits per heavy atom. The van der Waals surface area contributed by atoms with Crippen LogP contribution >= 0.6 is 12.4 Å². The Hall–Kier alpha value is -1.22. The van der Waals surface area contributed by atoms with Gasteiger partial charge in [-0.2, -0.15) is 0 Å². The van der Waals surface area contributed by atoms with Crippen molar-refractivity contribution < 1.29 is 22.3 Å². The average Bonchev–Trinajstić information content (AvgIpc) is 2.35. The molecule has 0 aliphatic heterocycles. The Labute approximate surface area is 135 Å². The van der Waals surface area contributed by atoms with E-state index in [0.717, 1.165) is 18.2 Å². The van der Waals surface area contributed by atoms with Crippen LogP contribution in [0.3, 0.4) is 0 Å². The molecule has 126 valence electrons. The smallest absolute Gasteiger partial charge is 0.338 e. The largest absolute Gasteiger partial charge is 0.462 e. The molecule has 0 saturated heterocycles. The Morgan fingerprint density at radius 2 is 1.95 bits per heavy atom. The van der Waals surface area contributed by atoms with Crippen molar-refractivity contribution >= 4 is 28.4 Å². The fourth-order valence-electron chi connectivity index (χ4n) is 1.41. The van der Waals surface area contributed by atoms with Crippen LogP contribution in [0.15, 0.2) is 23.1 Å². The van der Waals surface area contributed by atoms with Gasteiger partial charge in [0.15, 0.2) is 0 Å². The second kappa shape index (κ2) is 7.87. The van der Waals surface area contributed by atoms with Crippen LogP contribution in [0, 0.1) is 5.82 Å². The molecule has 0 spiro atoms. The van der Waals surface area contributed by atoms with E-state index in [4.69, 9.17) is 10.5 Å². The average molecular weight is 355 g/mol. The summed E-state index contributed by atoms with van der Waals surface area (Å²) < 4.78 is 44.7. The first-order valence-electron chi connectivity index (χ1n) is 6.31. The summed E-state index contributed by atoms with van der Waals surface area (Å²) >= 11 is 0. The molecular weight excluding hydrogens is 335 g/mol. The molecule has 0 aromatic heterocycles. The number of halogens is 2. The van der Waals surface area contributed by atoms with Gasteiger partial charge in [-0.15, -0.1) is 12.4 Å². The summed E-state index contributed by atoms with van der Waals surface area (Å²) in [6, 6.07) is 2.81. The number of sulfonamides is 1. The third-order valence-corrected chi connectivity index (χ3v) is 3.79. The molecule has 0 radical (unpaired) electrons. The molecule has 1 aromatic rings. The highest BCUT2D eigenvalue weighted by atomic mass is 35.5. The molecule has 0 aliphatic carbocycles. The van der Waals surface area contributed by atoms with Crippen molar-refractivity contribution in [3.05, 3.63) is 29.6 Å². The van der Waals surface area contributed by atoms with Gasteiger partial charge in [0.2, 0.25) is 10.0 Å². The van der Waals surface area contributed by atoms with Gasteiger partial charge in [-0.1, -0.05) is 0 Å². The van der Waals surface area contributed by atoms with Gasteiger partial charge in [0.25, 0.3) is 0 Å². The number of nitrogens with one attached hydrogen (secondary N) is 1. The lowest BCUT2D eigenvalue weighted by Gasteiger charge is -2.19. The van der Waals surface area contributed by atoms with Crippen LogP contribution in [0.1, 0.15) is 31.1 Å².